The first-order valence-electron chi connectivity index (χ1n) is 1.58. The van der Waals surface area contributed by atoms with Crippen LogP contribution in [0.1, 0.15) is 6.92 Å². The average Bonchev–Trinajstić information content (AvgIpc) is 1.35. The quantitative estimate of drug-likeness (QED) is 0.454. The van der Waals surface area contributed by atoms with Crippen molar-refractivity contribution in [3.05, 3.63) is 0 Å². The molecule has 0 aromatic carbocycles. The molecule has 0 fully saturated rings. The standard InChI is InChI=1S/C2H7O3P.Mn/c1-2-5-6(3)4;/h3-4H,2H2,1H3;. The normalized spacial score (nSPS) is 8.57. The van der Waals surface area contributed by atoms with E-state index in [2.05, 4.69) is 4.52 Å². The second-order valence-corrected chi connectivity index (χ2v) is 1.43. The summed E-state index contributed by atoms with van der Waals surface area (Å²) in [6.07, 6.45) is 0. The van der Waals surface area contributed by atoms with E-state index in [0.29, 0.717) is 6.61 Å². The summed E-state index contributed by atoms with van der Waals surface area (Å²) >= 11 is 0. The Labute approximate surface area is 54.2 Å². The molecule has 0 aromatic rings. The molecule has 0 aromatic heterocycles. The monoisotopic (exact) mass is 165 g/mol. The number of hydrogen-bond donors (Lipinski definition) is 2. The van der Waals surface area contributed by atoms with Crippen LogP contribution in [0.25, 0.3) is 0 Å². The third kappa shape index (κ3) is 10.9. The van der Waals surface area contributed by atoms with Crippen LogP contribution in [-0.2, 0) is 21.6 Å². The van der Waals surface area contributed by atoms with Crippen LogP contribution in [0.5, 0.6) is 0 Å². The maximum absolute atomic E-state index is 7.95. The molecule has 0 heterocycles. The molecule has 2 N–H and O–H groups in total. The van der Waals surface area contributed by atoms with Crippen LogP contribution in [0, 0.1) is 0 Å². The minimum atomic E-state index is -2.10. The smallest absolute Gasteiger partial charge is 0.327 e. The summed E-state index contributed by atoms with van der Waals surface area (Å²) in [5.41, 5.74) is 0. The first-order chi connectivity index (χ1) is 2.77. The summed E-state index contributed by atoms with van der Waals surface area (Å²) in [6.45, 7) is 2.06. The zero-order valence-corrected chi connectivity index (χ0v) is 5.91. The van der Waals surface area contributed by atoms with Crippen LogP contribution < -0.4 is 0 Å². The summed E-state index contributed by atoms with van der Waals surface area (Å²) in [4.78, 5) is 15.9. The molecule has 0 rings (SSSR count). The number of hydrogen-bond acceptors (Lipinski definition) is 3. The zero-order valence-electron chi connectivity index (χ0n) is 3.83. The van der Waals surface area contributed by atoms with Crippen LogP contribution in [0.2, 0.25) is 0 Å². The van der Waals surface area contributed by atoms with Gasteiger partial charge in [0.25, 0.3) is 0 Å². The van der Waals surface area contributed by atoms with Crippen LogP contribution in [0.4, 0.5) is 0 Å². The van der Waals surface area contributed by atoms with Crippen molar-refractivity contribution in [3.63, 3.8) is 0 Å². The van der Waals surface area contributed by atoms with Gasteiger partial charge in [-0.25, -0.2) is 0 Å². The van der Waals surface area contributed by atoms with Crippen molar-refractivity contribution in [1.29, 1.82) is 0 Å². The Kier molecular flexibility index (Phi) is 10.5. The molecule has 45 valence electrons. The van der Waals surface area contributed by atoms with Gasteiger partial charge in [-0.1, -0.05) is 0 Å². The van der Waals surface area contributed by atoms with Crippen LogP contribution in [0.3, 0.4) is 0 Å². The van der Waals surface area contributed by atoms with Gasteiger partial charge in [0, 0.05) is 17.1 Å². The van der Waals surface area contributed by atoms with Crippen molar-refractivity contribution in [2.45, 2.75) is 6.92 Å². The molecule has 0 atom stereocenters. The van der Waals surface area contributed by atoms with Gasteiger partial charge in [-0.15, -0.1) is 0 Å². The summed E-state index contributed by atoms with van der Waals surface area (Å²) in [6, 6.07) is 0. The molecule has 0 amide bonds. The average molecular weight is 165 g/mol. The molecule has 7 heavy (non-hydrogen) atoms. The van der Waals surface area contributed by atoms with Crippen molar-refractivity contribution < 1.29 is 31.4 Å². The predicted molar refractivity (Wildman–Crippen MR) is 23.0 cm³/mol. The van der Waals surface area contributed by atoms with Gasteiger partial charge >= 0.3 is 8.60 Å². The molecule has 3 nitrogen and oxygen atoms in total. The molecule has 0 aliphatic rings. The first-order valence-corrected chi connectivity index (χ1v) is 2.74. The molecule has 1 radical (unpaired) electrons. The minimum absolute atomic E-state index is 0. The van der Waals surface area contributed by atoms with Gasteiger partial charge in [0.15, 0.2) is 0 Å². The van der Waals surface area contributed by atoms with Crippen LogP contribution in [-0.4, -0.2) is 16.4 Å². The van der Waals surface area contributed by atoms with Crippen molar-refractivity contribution in [2.75, 3.05) is 6.61 Å². The Bertz CT molecular complexity index is 34.1. The molecule has 0 saturated heterocycles. The zero-order chi connectivity index (χ0) is 4.99. The molecular formula is C2H7MnO3P. The Balaban J connectivity index is 0. The molecule has 0 aliphatic heterocycles. The van der Waals surface area contributed by atoms with E-state index in [9.17, 15) is 0 Å². The van der Waals surface area contributed by atoms with Gasteiger partial charge in [-0.05, 0) is 6.92 Å². The topological polar surface area (TPSA) is 49.7 Å². The van der Waals surface area contributed by atoms with E-state index in [0.717, 1.165) is 0 Å². The molecule has 0 saturated carbocycles. The SMILES string of the molecule is CCOP(O)O.[Mn]. The van der Waals surface area contributed by atoms with Gasteiger partial charge in [0.2, 0.25) is 0 Å². The van der Waals surface area contributed by atoms with E-state index in [1.807, 2.05) is 0 Å². The van der Waals surface area contributed by atoms with Gasteiger partial charge in [-0.3, -0.25) is 0 Å². The minimum Gasteiger partial charge on any atom is -0.328 e. The van der Waals surface area contributed by atoms with E-state index in [4.69, 9.17) is 9.79 Å². The molecule has 0 spiro atoms. The molecule has 0 aliphatic carbocycles. The van der Waals surface area contributed by atoms with Crippen molar-refractivity contribution in [3.8, 4) is 0 Å². The third-order valence-electron chi connectivity index (χ3n) is 0.245. The third-order valence-corrected chi connectivity index (χ3v) is 0.734. The fraction of sp³-hybridized carbons (Fsp3) is 1.00. The van der Waals surface area contributed by atoms with E-state index >= 15 is 0 Å². The molecule has 5 heteroatoms. The Morgan fingerprint density at radius 3 is 2.00 bits per heavy atom. The Hall–Kier alpha value is 0.829. The van der Waals surface area contributed by atoms with Crippen LogP contribution in [0.15, 0.2) is 0 Å². The summed E-state index contributed by atoms with van der Waals surface area (Å²) in [7, 11) is -2.10. The van der Waals surface area contributed by atoms with Crippen LogP contribution >= 0.6 is 8.60 Å². The second-order valence-electron chi connectivity index (χ2n) is 0.671. The van der Waals surface area contributed by atoms with E-state index < -0.39 is 8.60 Å². The van der Waals surface area contributed by atoms with Gasteiger partial charge in [-0.2, -0.15) is 0 Å². The van der Waals surface area contributed by atoms with E-state index in [-0.39, 0.29) is 17.1 Å². The van der Waals surface area contributed by atoms with Gasteiger partial charge in [0.1, 0.15) is 0 Å². The largest absolute Gasteiger partial charge is 0.328 e. The van der Waals surface area contributed by atoms with Crippen molar-refractivity contribution in [1.82, 2.24) is 0 Å². The molecule has 0 unspecified atom stereocenters. The Morgan fingerprint density at radius 1 is 1.57 bits per heavy atom. The summed E-state index contributed by atoms with van der Waals surface area (Å²) in [5.74, 6) is 0. The second kappa shape index (κ2) is 6.83. The van der Waals surface area contributed by atoms with E-state index in [1.165, 1.54) is 0 Å². The fourth-order valence-electron chi connectivity index (χ4n) is 0.115. The summed E-state index contributed by atoms with van der Waals surface area (Å²) in [5, 5.41) is 0. The first kappa shape index (κ1) is 10.7. The fourth-order valence-corrected chi connectivity index (χ4v) is 0.346. The molecule has 0 bridgehead atoms. The van der Waals surface area contributed by atoms with Crippen molar-refractivity contribution in [2.24, 2.45) is 0 Å². The molecular weight excluding hydrogens is 158 g/mol. The van der Waals surface area contributed by atoms with Gasteiger partial charge < -0.3 is 14.3 Å². The van der Waals surface area contributed by atoms with Crippen molar-refractivity contribution >= 4 is 8.60 Å². The number of rotatable bonds is 2. The van der Waals surface area contributed by atoms with Gasteiger partial charge in [0.05, 0.1) is 6.61 Å². The predicted octanol–water partition coefficient (Wildman–Crippen LogP) is 0.232. The Morgan fingerprint density at radius 2 is 2.00 bits per heavy atom. The van der Waals surface area contributed by atoms with E-state index in [1.54, 1.807) is 6.92 Å². The maximum Gasteiger partial charge on any atom is 0.327 e. The summed E-state index contributed by atoms with van der Waals surface area (Å²) < 4.78 is 4.22. The maximum atomic E-state index is 7.95.